The predicted octanol–water partition coefficient (Wildman–Crippen LogP) is 3.17. The molecule has 0 aromatic heterocycles. The van der Waals surface area contributed by atoms with Gasteiger partial charge in [0, 0.05) is 4.75 Å². The number of hydrogen-bond acceptors (Lipinski definition) is 1. The molecule has 0 aliphatic carbocycles. The van der Waals surface area contributed by atoms with Crippen LogP contribution in [-0.2, 0) is 0 Å². The van der Waals surface area contributed by atoms with Crippen molar-refractivity contribution >= 4 is 11.8 Å². The van der Waals surface area contributed by atoms with E-state index in [1.807, 2.05) is 11.8 Å². The Hall–Kier alpha value is 0.350. The van der Waals surface area contributed by atoms with E-state index in [2.05, 4.69) is 40.9 Å². The van der Waals surface area contributed by atoms with Crippen molar-refractivity contribution < 1.29 is 0 Å². The topological polar surface area (TPSA) is 0 Å². The molecule has 56 valence electrons. The molecule has 0 aliphatic rings. The lowest BCUT2D eigenvalue weighted by molar-refractivity contribution is 0.320. The van der Waals surface area contributed by atoms with Crippen molar-refractivity contribution in [1.29, 1.82) is 0 Å². The van der Waals surface area contributed by atoms with E-state index < -0.39 is 0 Å². The molecule has 0 unspecified atom stereocenters. The summed E-state index contributed by atoms with van der Waals surface area (Å²) in [6, 6.07) is 0. The molecule has 0 nitrogen and oxygen atoms in total. The third-order valence-corrected chi connectivity index (χ3v) is 3.95. The first-order valence-electron chi connectivity index (χ1n) is 3.36. The molecule has 0 bridgehead atoms. The Morgan fingerprint density at radius 2 is 1.22 bits per heavy atom. The van der Waals surface area contributed by atoms with Gasteiger partial charge < -0.3 is 0 Å². The van der Waals surface area contributed by atoms with Crippen molar-refractivity contribution in [2.75, 3.05) is 6.26 Å². The Bertz CT molecular complexity index is 87.2. The molecule has 0 spiro atoms. The maximum atomic E-state index is 2.29. The van der Waals surface area contributed by atoms with Crippen molar-refractivity contribution in [3.63, 3.8) is 0 Å². The largest absolute Gasteiger partial charge is 0.159 e. The van der Waals surface area contributed by atoms with E-state index in [9.17, 15) is 0 Å². The van der Waals surface area contributed by atoms with Crippen LogP contribution in [0.3, 0.4) is 0 Å². The van der Waals surface area contributed by atoms with E-state index in [4.69, 9.17) is 0 Å². The van der Waals surface area contributed by atoms with E-state index in [1.54, 1.807) is 0 Å². The van der Waals surface area contributed by atoms with E-state index in [0.29, 0.717) is 10.2 Å². The molecule has 0 heterocycles. The Morgan fingerprint density at radius 3 is 1.22 bits per heavy atom. The lowest BCUT2D eigenvalue weighted by Gasteiger charge is -2.37. The number of hydrogen-bond donors (Lipinski definition) is 0. The van der Waals surface area contributed by atoms with Crippen LogP contribution in [0.4, 0.5) is 0 Å². The number of thioether (sulfide) groups is 1. The molecule has 0 atom stereocenters. The third kappa shape index (κ3) is 2.21. The monoisotopic (exact) mass is 146 g/mol. The zero-order valence-electron chi connectivity index (χ0n) is 7.41. The minimum Gasteiger partial charge on any atom is -0.159 e. The molecule has 0 rings (SSSR count). The Labute approximate surface area is 63.4 Å². The van der Waals surface area contributed by atoms with Crippen LogP contribution in [0.5, 0.6) is 0 Å². The van der Waals surface area contributed by atoms with Crippen LogP contribution in [0.1, 0.15) is 34.6 Å². The van der Waals surface area contributed by atoms with Gasteiger partial charge in [0.2, 0.25) is 0 Å². The molecule has 0 aromatic rings. The van der Waals surface area contributed by atoms with Crippen molar-refractivity contribution in [2.24, 2.45) is 5.41 Å². The second-order valence-corrected chi connectivity index (χ2v) is 5.39. The Kier molecular flexibility index (Phi) is 2.63. The molecule has 0 N–H and O–H groups in total. The van der Waals surface area contributed by atoms with Gasteiger partial charge in [-0.15, -0.1) is 0 Å². The van der Waals surface area contributed by atoms with Crippen LogP contribution < -0.4 is 0 Å². The number of rotatable bonds is 1. The first kappa shape index (κ1) is 9.35. The first-order chi connectivity index (χ1) is 3.81. The van der Waals surface area contributed by atoms with Crippen molar-refractivity contribution in [3.8, 4) is 0 Å². The maximum absolute atomic E-state index is 2.29. The van der Waals surface area contributed by atoms with Gasteiger partial charge in [0.15, 0.2) is 0 Å². The van der Waals surface area contributed by atoms with Crippen LogP contribution in [0.25, 0.3) is 0 Å². The van der Waals surface area contributed by atoms with E-state index in [0.717, 1.165) is 0 Å². The van der Waals surface area contributed by atoms with Crippen LogP contribution in [0, 0.1) is 5.41 Å². The summed E-state index contributed by atoms with van der Waals surface area (Å²) in [7, 11) is 0. The normalized spacial score (nSPS) is 14.0. The van der Waals surface area contributed by atoms with E-state index in [-0.39, 0.29) is 0 Å². The summed E-state index contributed by atoms with van der Waals surface area (Å²) in [5.74, 6) is 0. The Morgan fingerprint density at radius 1 is 0.889 bits per heavy atom. The third-order valence-electron chi connectivity index (χ3n) is 2.32. The summed E-state index contributed by atoms with van der Waals surface area (Å²) < 4.78 is 0.396. The molecular weight excluding hydrogens is 128 g/mol. The van der Waals surface area contributed by atoms with Gasteiger partial charge in [-0.2, -0.15) is 11.8 Å². The minimum atomic E-state index is 0.396. The zero-order valence-corrected chi connectivity index (χ0v) is 8.22. The minimum absolute atomic E-state index is 0.396. The second-order valence-electron chi connectivity index (χ2n) is 3.96. The fourth-order valence-corrected chi connectivity index (χ4v) is 0.919. The molecule has 1 heteroatoms. The highest BCUT2D eigenvalue weighted by atomic mass is 32.2. The van der Waals surface area contributed by atoms with Crippen LogP contribution in [0.2, 0.25) is 0 Å². The van der Waals surface area contributed by atoms with Gasteiger partial charge in [-0.1, -0.05) is 34.6 Å². The lowest BCUT2D eigenvalue weighted by Crippen LogP contribution is -2.32. The fraction of sp³-hybridized carbons (Fsp3) is 1.00. The van der Waals surface area contributed by atoms with Crippen molar-refractivity contribution in [1.82, 2.24) is 0 Å². The van der Waals surface area contributed by atoms with E-state index >= 15 is 0 Å². The molecule has 0 amide bonds. The Balaban J connectivity index is 4.14. The van der Waals surface area contributed by atoms with E-state index in [1.165, 1.54) is 0 Å². The lowest BCUT2D eigenvalue weighted by atomic mass is 9.83. The zero-order chi connectivity index (χ0) is 7.71. The quantitative estimate of drug-likeness (QED) is 0.547. The highest BCUT2D eigenvalue weighted by Gasteiger charge is 2.31. The standard InChI is InChI=1S/C8H18S/c1-7(2,3)8(4,5)9-6/h1-6H3. The summed E-state index contributed by atoms with van der Waals surface area (Å²) in [6.07, 6.45) is 2.17. The molecule has 0 aromatic carbocycles. The maximum Gasteiger partial charge on any atom is 0.0149 e. The van der Waals surface area contributed by atoms with Crippen molar-refractivity contribution in [2.45, 2.75) is 39.4 Å². The van der Waals surface area contributed by atoms with Crippen LogP contribution in [-0.4, -0.2) is 11.0 Å². The predicted molar refractivity (Wildman–Crippen MR) is 47.0 cm³/mol. The molecule has 9 heavy (non-hydrogen) atoms. The smallest absolute Gasteiger partial charge is 0.0149 e. The molecule has 0 fully saturated rings. The van der Waals surface area contributed by atoms with Gasteiger partial charge in [-0.3, -0.25) is 0 Å². The molecule has 0 radical (unpaired) electrons. The molecule has 0 aliphatic heterocycles. The van der Waals surface area contributed by atoms with Gasteiger partial charge in [0.05, 0.1) is 0 Å². The van der Waals surface area contributed by atoms with Gasteiger partial charge in [0.1, 0.15) is 0 Å². The fourth-order valence-electron chi connectivity index (χ4n) is 0.306. The average molecular weight is 146 g/mol. The van der Waals surface area contributed by atoms with Gasteiger partial charge in [0.25, 0.3) is 0 Å². The summed E-state index contributed by atoms with van der Waals surface area (Å²) in [5, 5.41) is 0. The summed E-state index contributed by atoms with van der Waals surface area (Å²) in [6.45, 7) is 11.4. The summed E-state index contributed by atoms with van der Waals surface area (Å²) >= 11 is 1.93. The second kappa shape index (κ2) is 2.53. The van der Waals surface area contributed by atoms with Gasteiger partial charge in [-0.05, 0) is 11.7 Å². The van der Waals surface area contributed by atoms with Crippen molar-refractivity contribution in [3.05, 3.63) is 0 Å². The highest BCUT2D eigenvalue weighted by Crippen LogP contribution is 2.39. The van der Waals surface area contributed by atoms with Crippen LogP contribution >= 0.6 is 11.8 Å². The van der Waals surface area contributed by atoms with Crippen LogP contribution in [0.15, 0.2) is 0 Å². The molecule has 0 saturated heterocycles. The average Bonchev–Trinajstić information content (AvgIpc) is 1.64. The summed E-state index contributed by atoms with van der Waals surface area (Å²) in [5.41, 5.74) is 0.409. The molecular formula is C8H18S. The highest BCUT2D eigenvalue weighted by molar-refractivity contribution is 7.99. The van der Waals surface area contributed by atoms with Gasteiger partial charge >= 0.3 is 0 Å². The van der Waals surface area contributed by atoms with Gasteiger partial charge in [-0.25, -0.2) is 0 Å². The summed E-state index contributed by atoms with van der Waals surface area (Å²) in [4.78, 5) is 0. The first-order valence-corrected chi connectivity index (χ1v) is 4.59. The molecule has 0 saturated carbocycles. The SMILES string of the molecule is CSC(C)(C)C(C)(C)C.